The third kappa shape index (κ3) is 3.21. The molecule has 1 aromatic heterocycles. The van der Waals surface area contributed by atoms with Gasteiger partial charge in [-0.25, -0.2) is 0 Å². The summed E-state index contributed by atoms with van der Waals surface area (Å²) in [6, 6.07) is 10.6. The number of hydrogen-bond acceptors (Lipinski definition) is 4. The molecule has 1 aromatic carbocycles. The smallest absolute Gasteiger partial charge is 0.101 e. The quantitative estimate of drug-likeness (QED) is 0.818. The van der Waals surface area contributed by atoms with E-state index in [0.717, 1.165) is 29.8 Å². The molecule has 2 saturated heterocycles. The minimum atomic E-state index is 0.535. The standard InChI is InChI=1S/C24H30N4/c1-16-10-18(19-6-5-17(11-25)24-21(19)4-3-8-26-24)13-28(12-16)9-7-20-22-14-27(2)15-23(20)22/h3-6,8,16,18,20,22-23H,7,9-10,12-15H2,1-2H3/t16-,18+,20-,22-,23+/m1/s1. The van der Waals surface area contributed by atoms with Gasteiger partial charge in [0.05, 0.1) is 11.1 Å². The highest BCUT2D eigenvalue weighted by Gasteiger charge is 2.53. The van der Waals surface area contributed by atoms with Crippen LogP contribution < -0.4 is 0 Å². The largest absolute Gasteiger partial charge is 0.306 e. The molecule has 0 radical (unpaired) electrons. The Labute approximate surface area is 168 Å². The van der Waals surface area contributed by atoms with E-state index < -0.39 is 0 Å². The molecule has 2 aliphatic heterocycles. The molecule has 4 nitrogen and oxygen atoms in total. The summed E-state index contributed by atoms with van der Waals surface area (Å²) >= 11 is 0. The van der Waals surface area contributed by atoms with Gasteiger partial charge in [-0.2, -0.15) is 5.26 Å². The fourth-order valence-electron chi connectivity index (χ4n) is 6.13. The van der Waals surface area contributed by atoms with Crippen molar-refractivity contribution in [1.82, 2.24) is 14.8 Å². The van der Waals surface area contributed by atoms with Crippen LogP contribution in [0.15, 0.2) is 30.5 Å². The minimum absolute atomic E-state index is 0.535. The van der Waals surface area contributed by atoms with E-state index in [1.807, 2.05) is 12.1 Å². The van der Waals surface area contributed by atoms with Gasteiger partial charge >= 0.3 is 0 Å². The highest BCUT2D eigenvalue weighted by Crippen LogP contribution is 2.53. The fourth-order valence-corrected chi connectivity index (χ4v) is 6.13. The van der Waals surface area contributed by atoms with E-state index in [1.165, 1.54) is 50.0 Å². The van der Waals surface area contributed by atoms with Gasteiger partial charge in [-0.1, -0.05) is 19.1 Å². The lowest BCUT2D eigenvalue weighted by Gasteiger charge is -2.37. The Hall–Kier alpha value is -1.96. The van der Waals surface area contributed by atoms with Crippen molar-refractivity contribution in [2.24, 2.45) is 23.7 Å². The molecule has 28 heavy (non-hydrogen) atoms. The maximum atomic E-state index is 9.43. The first-order valence-corrected chi connectivity index (χ1v) is 10.8. The van der Waals surface area contributed by atoms with Crippen molar-refractivity contribution in [2.45, 2.75) is 25.7 Å². The van der Waals surface area contributed by atoms with Crippen molar-refractivity contribution < 1.29 is 0 Å². The van der Waals surface area contributed by atoms with Crippen LogP contribution in [0.4, 0.5) is 0 Å². The van der Waals surface area contributed by atoms with E-state index in [-0.39, 0.29) is 0 Å². The monoisotopic (exact) mass is 374 g/mol. The molecule has 3 heterocycles. The van der Waals surface area contributed by atoms with Crippen molar-refractivity contribution in [2.75, 3.05) is 39.8 Å². The molecular weight excluding hydrogens is 344 g/mol. The Bertz CT molecular complexity index is 904. The van der Waals surface area contributed by atoms with Gasteiger partial charge in [0.2, 0.25) is 0 Å². The molecule has 3 aliphatic rings. The number of nitriles is 1. The summed E-state index contributed by atoms with van der Waals surface area (Å²) in [6.07, 6.45) is 4.40. The Morgan fingerprint density at radius 1 is 1.14 bits per heavy atom. The van der Waals surface area contributed by atoms with Gasteiger partial charge in [-0.3, -0.25) is 4.98 Å². The molecule has 5 rings (SSSR count). The molecule has 0 bridgehead atoms. The zero-order valence-electron chi connectivity index (χ0n) is 17.0. The molecule has 146 valence electrons. The summed E-state index contributed by atoms with van der Waals surface area (Å²) in [5.41, 5.74) is 2.93. The number of benzene rings is 1. The lowest BCUT2D eigenvalue weighted by atomic mass is 9.83. The summed E-state index contributed by atoms with van der Waals surface area (Å²) in [5, 5.41) is 10.6. The molecule has 0 unspecified atom stereocenters. The number of likely N-dealkylation sites (tertiary alicyclic amines) is 2. The molecule has 0 N–H and O–H groups in total. The topological polar surface area (TPSA) is 43.2 Å². The molecule has 3 fully saturated rings. The van der Waals surface area contributed by atoms with Crippen molar-refractivity contribution in [3.05, 3.63) is 41.6 Å². The molecule has 2 aromatic rings. The second kappa shape index (κ2) is 7.13. The molecule has 1 aliphatic carbocycles. The Balaban J connectivity index is 1.31. The predicted octanol–water partition coefficient (Wildman–Crippen LogP) is 3.73. The molecule has 0 spiro atoms. The number of aromatic nitrogens is 1. The normalized spacial score (nSPS) is 33.0. The van der Waals surface area contributed by atoms with Crippen molar-refractivity contribution >= 4 is 10.9 Å². The highest BCUT2D eigenvalue weighted by atomic mass is 15.2. The number of piperidine rings is 2. The highest BCUT2D eigenvalue weighted by molar-refractivity contribution is 5.87. The maximum absolute atomic E-state index is 9.43. The summed E-state index contributed by atoms with van der Waals surface area (Å²) < 4.78 is 0. The second-order valence-electron chi connectivity index (χ2n) is 9.51. The Morgan fingerprint density at radius 2 is 1.96 bits per heavy atom. The summed E-state index contributed by atoms with van der Waals surface area (Å²) in [6.45, 7) is 8.64. The fraction of sp³-hybridized carbons (Fsp3) is 0.583. The number of hydrogen-bond donors (Lipinski definition) is 0. The first-order chi connectivity index (χ1) is 13.6. The average Bonchev–Trinajstić information content (AvgIpc) is 3.17. The number of nitrogens with zero attached hydrogens (tertiary/aromatic N) is 4. The van der Waals surface area contributed by atoms with Crippen LogP contribution in [-0.2, 0) is 0 Å². The molecule has 5 atom stereocenters. The minimum Gasteiger partial charge on any atom is -0.306 e. The predicted molar refractivity (Wildman–Crippen MR) is 112 cm³/mol. The van der Waals surface area contributed by atoms with Gasteiger partial charge < -0.3 is 9.80 Å². The van der Waals surface area contributed by atoms with Crippen LogP contribution in [0, 0.1) is 35.0 Å². The Morgan fingerprint density at radius 3 is 2.75 bits per heavy atom. The molecule has 1 saturated carbocycles. The van der Waals surface area contributed by atoms with Crippen LogP contribution >= 0.6 is 0 Å². The van der Waals surface area contributed by atoms with E-state index in [4.69, 9.17) is 0 Å². The summed E-state index contributed by atoms with van der Waals surface area (Å²) in [5.74, 6) is 4.19. The van der Waals surface area contributed by atoms with Crippen LogP contribution in [0.2, 0.25) is 0 Å². The van der Waals surface area contributed by atoms with E-state index in [2.05, 4.69) is 47.0 Å². The number of fused-ring (bicyclic) bond motifs is 2. The van der Waals surface area contributed by atoms with Crippen molar-refractivity contribution in [3.8, 4) is 6.07 Å². The van der Waals surface area contributed by atoms with E-state index >= 15 is 0 Å². The zero-order valence-corrected chi connectivity index (χ0v) is 17.0. The van der Waals surface area contributed by atoms with Crippen LogP contribution in [-0.4, -0.2) is 54.6 Å². The number of rotatable bonds is 4. The third-order valence-corrected chi connectivity index (χ3v) is 7.43. The van der Waals surface area contributed by atoms with Gasteiger partial charge in [-0.15, -0.1) is 0 Å². The third-order valence-electron chi connectivity index (χ3n) is 7.43. The van der Waals surface area contributed by atoms with Gasteiger partial charge in [0.25, 0.3) is 0 Å². The van der Waals surface area contributed by atoms with Crippen molar-refractivity contribution in [1.29, 1.82) is 5.26 Å². The van der Waals surface area contributed by atoms with Gasteiger partial charge in [0, 0.05) is 37.8 Å². The molecule has 0 amide bonds. The van der Waals surface area contributed by atoms with Crippen LogP contribution in [0.25, 0.3) is 10.9 Å². The first kappa shape index (κ1) is 18.1. The van der Waals surface area contributed by atoms with Gasteiger partial charge in [0.1, 0.15) is 6.07 Å². The average molecular weight is 375 g/mol. The van der Waals surface area contributed by atoms with E-state index in [0.29, 0.717) is 17.4 Å². The lowest BCUT2D eigenvalue weighted by Crippen LogP contribution is -2.39. The zero-order chi connectivity index (χ0) is 19.3. The summed E-state index contributed by atoms with van der Waals surface area (Å²) in [7, 11) is 2.26. The van der Waals surface area contributed by atoms with Gasteiger partial charge in [-0.05, 0) is 73.7 Å². The molecular formula is C24H30N4. The first-order valence-electron chi connectivity index (χ1n) is 10.8. The summed E-state index contributed by atoms with van der Waals surface area (Å²) in [4.78, 5) is 9.71. The van der Waals surface area contributed by atoms with Crippen LogP contribution in [0.1, 0.15) is 36.8 Å². The molecule has 4 heteroatoms. The van der Waals surface area contributed by atoms with Gasteiger partial charge in [0.15, 0.2) is 0 Å². The van der Waals surface area contributed by atoms with E-state index in [1.54, 1.807) is 6.20 Å². The number of pyridine rings is 1. The lowest BCUT2D eigenvalue weighted by molar-refractivity contribution is 0.157. The van der Waals surface area contributed by atoms with Crippen LogP contribution in [0.3, 0.4) is 0 Å². The SMILES string of the molecule is C[C@@H]1C[C@H](c2ccc(C#N)c3ncccc23)CN(CC[C@@H]2[C@H]3CN(C)C[C@@H]23)C1. The van der Waals surface area contributed by atoms with Crippen LogP contribution in [0.5, 0.6) is 0 Å². The Kier molecular flexibility index (Phi) is 4.61. The van der Waals surface area contributed by atoms with Crippen molar-refractivity contribution in [3.63, 3.8) is 0 Å². The second-order valence-corrected chi connectivity index (χ2v) is 9.51. The van der Waals surface area contributed by atoms with E-state index in [9.17, 15) is 5.26 Å². The maximum Gasteiger partial charge on any atom is 0.101 e.